The van der Waals surface area contributed by atoms with Crippen LogP contribution in [0.4, 0.5) is 18.9 Å². The van der Waals surface area contributed by atoms with E-state index in [1.807, 2.05) is 0 Å². The minimum absolute atomic E-state index is 0.114. The molecule has 0 saturated carbocycles. The molecule has 3 nitrogen and oxygen atoms in total. The highest BCUT2D eigenvalue weighted by Gasteiger charge is 2.30. The fourth-order valence-corrected chi connectivity index (χ4v) is 1.35. The summed E-state index contributed by atoms with van der Waals surface area (Å²) in [5, 5.41) is 8.62. The van der Waals surface area contributed by atoms with E-state index in [4.69, 9.17) is 5.11 Å². The molecular formula is C12H12F3NO2. The maximum Gasteiger partial charge on any atom is 0.416 e. The topological polar surface area (TPSA) is 49.7 Å². The summed E-state index contributed by atoms with van der Waals surface area (Å²) in [4.78, 5) is 14.5. The lowest BCUT2D eigenvalue weighted by Crippen LogP contribution is -2.06. The molecule has 0 radical (unpaired) electrons. The molecule has 0 unspecified atom stereocenters. The molecule has 0 fully saturated rings. The molecule has 0 bridgehead atoms. The molecule has 0 heterocycles. The van der Waals surface area contributed by atoms with Gasteiger partial charge in [-0.05, 0) is 24.6 Å². The van der Waals surface area contributed by atoms with Crippen LogP contribution in [-0.4, -0.2) is 16.8 Å². The van der Waals surface area contributed by atoms with Gasteiger partial charge in [-0.15, -0.1) is 0 Å². The number of carboxylic acids is 1. The van der Waals surface area contributed by atoms with Gasteiger partial charge in [0, 0.05) is 5.71 Å². The van der Waals surface area contributed by atoms with Crippen molar-refractivity contribution in [3.8, 4) is 0 Å². The van der Waals surface area contributed by atoms with Gasteiger partial charge in [-0.2, -0.15) is 13.2 Å². The molecule has 0 atom stereocenters. The Bertz CT molecular complexity index is 467. The van der Waals surface area contributed by atoms with Crippen molar-refractivity contribution in [3.63, 3.8) is 0 Å². The van der Waals surface area contributed by atoms with Crippen LogP contribution in [0, 0.1) is 0 Å². The smallest absolute Gasteiger partial charge is 0.416 e. The number of hydrogen-bond donors (Lipinski definition) is 1. The largest absolute Gasteiger partial charge is 0.481 e. The van der Waals surface area contributed by atoms with Crippen molar-refractivity contribution in [1.82, 2.24) is 0 Å². The first-order valence-corrected chi connectivity index (χ1v) is 5.28. The van der Waals surface area contributed by atoms with E-state index < -0.39 is 17.7 Å². The molecule has 1 aromatic carbocycles. The van der Waals surface area contributed by atoms with Gasteiger partial charge in [0.05, 0.1) is 17.7 Å². The maximum absolute atomic E-state index is 12.5. The molecule has 1 N–H and O–H groups in total. The Balaban J connectivity index is 3.03. The molecule has 1 rings (SSSR count). The van der Waals surface area contributed by atoms with Crippen LogP contribution in [-0.2, 0) is 11.0 Å². The molecule has 18 heavy (non-hydrogen) atoms. The van der Waals surface area contributed by atoms with E-state index in [-0.39, 0.29) is 12.1 Å². The second-order valence-corrected chi connectivity index (χ2v) is 3.65. The third kappa shape index (κ3) is 4.20. The number of hydrogen-bond acceptors (Lipinski definition) is 2. The average Bonchev–Trinajstić information content (AvgIpc) is 2.26. The molecule has 1 aromatic rings. The summed E-state index contributed by atoms with van der Waals surface area (Å²) >= 11 is 0. The van der Waals surface area contributed by atoms with E-state index in [0.29, 0.717) is 12.1 Å². The summed E-state index contributed by atoms with van der Waals surface area (Å²) < 4.78 is 37.4. The number of carbonyl (C=O) groups is 1. The quantitative estimate of drug-likeness (QED) is 0.839. The zero-order valence-electron chi connectivity index (χ0n) is 9.66. The third-order valence-corrected chi connectivity index (χ3v) is 2.22. The van der Waals surface area contributed by atoms with Crippen molar-refractivity contribution in [2.45, 2.75) is 25.9 Å². The van der Waals surface area contributed by atoms with Gasteiger partial charge in [0.15, 0.2) is 0 Å². The zero-order valence-corrected chi connectivity index (χ0v) is 9.66. The van der Waals surface area contributed by atoms with Crippen LogP contribution < -0.4 is 0 Å². The van der Waals surface area contributed by atoms with E-state index in [1.165, 1.54) is 12.1 Å². The molecule has 6 heteroatoms. The lowest BCUT2D eigenvalue weighted by molar-refractivity contribution is -0.138. The van der Waals surface area contributed by atoms with E-state index >= 15 is 0 Å². The van der Waals surface area contributed by atoms with Crippen molar-refractivity contribution in [2.75, 3.05) is 0 Å². The van der Waals surface area contributed by atoms with Gasteiger partial charge in [-0.3, -0.25) is 9.79 Å². The van der Waals surface area contributed by atoms with Gasteiger partial charge in [0.2, 0.25) is 0 Å². The first-order chi connectivity index (χ1) is 8.32. The van der Waals surface area contributed by atoms with Gasteiger partial charge in [0.25, 0.3) is 0 Å². The Morgan fingerprint density at radius 1 is 1.39 bits per heavy atom. The zero-order chi connectivity index (χ0) is 13.8. The Kier molecular flexibility index (Phi) is 4.47. The summed E-state index contributed by atoms with van der Waals surface area (Å²) in [5.41, 5.74) is -0.348. The van der Waals surface area contributed by atoms with E-state index in [2.05, 4.69) is 4.99 Å². The molecule has 0 aliphatic rings. The van der Waals surface area contributed by atoms with E-state index in [1.54, 1.807) is 6.92 Å². The summed E-state index contributed by atoms with van der Waals surface area (Å²) in [7, 11) is 0. The Labute approximate surface area is 102 Å². The first kappa shape index (κ1) is 14.2. The highest BCUT2D eigenvalue weighted by atomic mass is 19.4. The first-order valence-electron chi connectivity index (χ1n) is 5.28. The molecular weight excluding hydrogens is 247 g/mol. The van der Waals surface area contributed by atoms with E-state index in [0.717, 1.165) is 12.1 Å². The van der Waals surface area contributed by atoms with Gasteiger partial charge >= 0.3 is 12.1 Å². The van der Waals surface area contributed by atoms with Crippen LogP contribution in [0.1, 0.15) is 25.3 Å². The summed E-state index contributed by atoms with van der Waals surface area (Å²) in [6, 6.07) is 4.50. The maximum atomic E-state index is 12.5. The minimum atomic E-state index is -4.43. The molecule has 0 aliphatic carbocycles. The van der Waals surface area contributed by atoms with Crippen LogP contribution in [0.3, 0.4) is 0 Å². The van der Waals surface area contributed by atoms with Crippen molar-refractivity contribution in [1.29, 1.82) is 0 Å². The van der Waals surface area contributed by atoms with Crippen molar-refractivity contribution < 1.29 is 23.1 Å². The minimum Gasteiger partial charge on any atom is -0.481 e. The van der Waals surface area contributed by atoms with Crippen LogP contribution in [0.2, 0.25) is 0 Å². The van der Waals surface area contributed by atoms with Crippen LogP contribution >= 0.6 is 0 Å². The number of halogens is 3. The fourth-order valence-electron chi connectivity index (χ4n) is 1.35. The number of benzene rings is 1. The van der Waals surface area contributed by atoms with Gasteiger partial charge < -0.3 is 5.11 Å². The van der Waals surface area contributed by atoms with Crippen LogP contribution in [0.15, 0.2) is 29.3 Å². The van der Waals surface area contributed by atoms with Crippen molar-refractivity contribution in [2.24, 2.45) is 4.99 Å². The molecule has 0 aliphatic heterocycles. The second-order valence-electron chi connectivity index (χ2n) is 3.65. The highest BCUT2D eigenvalue weighted by molar-refractivity contribution is 5.99. The summed E-state index contributed by atoms with van der Waals surface area (Å²) in [6.45, 7) is 1.70. The van der Waals surface area contributed by atoms with Crippen molar-refractivity contribution >= 4 is 17.4 Å². The number of nitrogens with zero attached hydrogens (tertiary/aromatic N) is 1. The summed E-state index contributed by atoms with van der Waals surface area (Å²) in [6.07, 6.45) is -4.32. The predicted octanol–water partition coefficient (Wildman–Crippen LogP) is 3.66. The number of alkyl halides is 3. The standard InChI is InChI=1S/C12H12F3NO2/c1-2-9(7-11(17)18)16-10-5-3-4-8(6-10)12(13,14)15/h3-6H,2,7H2,1H3,(H,17,18). The van der Waals surface area contributed by atoms with Crippen LogP contribution in [0.5, 0.6) is 0 Å². The van der Waals surface area contributed by atoms with Gasteiger partial charge in [-0.25, -0.2) is 0 Å². The highest BCUT2D eigenvalue weighted by Crippen LogP contribution is 2.31. The number of aliphatic carboxylic acids is 1. The summed E-state index contributed by atoms with van der Waals surface area (Å²) in [5.74, 6) is -1.05. The van der Waals surface area contributed by atoms with E-state index in [9.17, 15) is 18.0 Å². The second kappa shape index (κ2) is 5.66. The number of carboxylic acid groups (broad SMARTS) is 1. The predicted molar refractivity (Wildman–Crippen MR) is 61.1 cm³/mol. The normalized spacial score (nSPS) is 12.6. The SMILES string of the molecule is CCC(CC(=O)O)=Nc1cccc(C(F)(F)F)c1. The Morgan fingerprint density at radius 3 is 2.56 bits per heavy atom. The monoisotopic (exact) mass is 259 g/mol. The molecule has 0 amide bonds. The third-order valence-electron chi connectivity index (χ3n) is 2.22. The lowest BCUT2D eigenvalue weighted by atomic mass is 10.1. The van der Waals surface area contributed by atoms with Gasteiger partial charge in [-0.1, -0.05) is 13.0 Å². The Morgan fingerprint density at radius 2 is 2.06 bits per heavy atom. The molecule has 0 aromatic heterocycles. The van der Waals surface area contributed by atoms with Gasteiger partial charge in [0.1, 0.15) is 0 Å². The Hall–Kier alpha value is -1.85. The fraction of sp³-hybridized carbons (Fsp3) is 0.333. The van der Waals surface area contributed by atoms with Crippen molar-refractivity contribution in [3.05, 3.63) is 29.8 Å². The number of rotatable bonds is 4. The number of aliphatic imine (C=N–C) groups is 1. The average molecular weight is 259 g/mol. The molecule has 98 valence electrons. The van der Waals surface area contributed by atoms with Crippen LogP contribution in [0.25, 0.3) is 0 Å². The lowest BCUT2D eigenvalue weighted by Gasteiger charge is -2.07. The molecule has 0 saturated heterocycles. The molecule has 0 spiro atoms.